The Hall–Kier alpha value is -2.39. The Morgan fingerprint density at radius 1 is 0.958 bits per heavy atom. The molecule has 0 aliphatic rings. The predicted molar refractivity (Wildman–Crippen MR) is 98.9 cm³/mol. The van der Waals surface area contributed by atoms with E-state index in [1.165, 1.54) is 16.7 Å². The van der Waals surface area contributed by atoms with Crippen LogP contribution in [-0.2, 0) is 13.6 Å². The third-order valence-electron chi connectivity index (χ3n) is 4.41. The third-order valence-corrected chi connectivity index (χ3v) is 4.41. The molecule has 3 heteroatoms. The highest BCUT2D eigenvalue weighted by atomic mass is 15.1. The maximum absolute atomic E-state index is 4.54. The van der Waals surface area contributed by atoms with E-state index in [2.05, 4.69) is 77.2 Å². The monoisotopic (exact) mass is 319 g/mol. The van der Waals surface area contributed by atoms with Crippen LogP contribution in [0.25, 0.3) is 0 Å². The summed E-state index contributed by atoms with van der Waals surface area (Å²) in [6, 6.07) is 19.4. The van der Waals surface area contributed by atoms with Gasteiger partial charge in [-0.1, -0.05) is 68.4 Å². The lowest BCUT2D eigenvalue weighted by molar-refractivity contribution is 0.558. The molecule has 0 amide bonds. The molecule has 0 bridgehead atoms. The Labute approximate surface area is 144 Å². The maximum atomic E-state index is 4.54. The molecule has 0 aliphatic heterocycles. The van der Waals surface area contributed by atoms with Gasteiger partial charge in [-0.15, -0.1) is 0 Å². The number of nitrogens with one attached hydrogen (secondary N) is 1. The van der Waals surface area contributed by atoms with E-state index in [0.29, 0.717) is 5.92 Å². The third kappa shape index (κ3) is 3.74. The summed E-state index contributed by atoms with van der Waals surface area (Å²) in [5, 5.41) is 3.66. The van der Waals surface area contributed by atoms with E-state index < -0.39 is 0 Å². The molecule has 124 valence electrons. The molecule has 3 aromatic rings. The lowest BCUT2D eigenvalue weighted by atomic mass is 10.0. The van der Waals surface area contributed by atoms with Crippen LogP contribution in [-0.4, -0.2) is 9.55 Å². The van der Waals surface area contributed by atoms with Crippen molar-refractivity contribution in [3.8, 4) is 0 Å². The van der Waals surface area contributed by atoms with E-state index in [4.69, 9.17) is 0 Å². The number of nitrogens with zero attached hydrogens (tertiary/aromatic N) is 2. The van der Waals surface area contributed by atoms with Crippen molar-refractivity contribution in [1.82, 2.24) is 14.9 Å². The number of hydrogen-bond acceptors (Lipinski definition) is 2. The van der Waals surface area contributed by atoms with E-state index in [0.717, 1.165) is 12.4 Å². The number of aryl methyl sites for hydroxylation is 1. The Bertz CT molecular complexity index is 757. The lowest BCUT2D eigenvalue weighted by Gasteiger charge is -2.19. The Balaban J connectivity index is 1.79. The van der Waals surface area contributed by atoms with Crippen molar-refractivity contribution in [2.75, 3.05) is 0 Å². The minimum Gasteiger partial charge on any atom is -0.336 e. The molecule has 0 saturated carbocycles. The first-order valence-electron chi connectivity index (χ1n) is 8.49. The van der Waals surface area contributed by atoms with Crippen LogP contribution in [0.4, 0.5) is 0 Å². The highest BCUT2D eigenvalue weighted by Gasteiger charge is 2.17. The van der Waals surface area contributed by atoms with Crippen molar-refractivity contribution in [3.63, 3.8) is 0 Å². The minimum absolute atomic E-state index is 0.0796. The molecule has 1 atom stereocenters. The van der Waals surface area contributed by atoms with Gasteiger partial charge < -0.3 is 4.57 Å². The number of rotatable bonds is 6. The summed E-state index contributed by atoms with van der Waals surface area (Å²) in [7, 11) is 2.04. The van der Waals surface area contributed by atoms with Gasteiger partial charge in [-0.3, -0.25) is 5.32 Å². The topological polar surface area (TPSA) is 29.9 Å². The van der Waals surface area contributed by atoms with Gasteiger partial charge in [-0.05, 0) is 22.6 Å². The Kier molecular flexibility index (Phi) is 5.11. The number of hydrogen-bond donors (Lipinski definition) is 1. The second-order valence-corrected chi connectivity index (χ2v) is 6.52. The molecule has 0 saturated heterocycles. The quantitative estimate of drug-likeness (QED) is 0.729. The van der Waals surface area contributed by atoms with Crippen molar-refractivity contribution in [1.29, 1.82) is 0 Å². The molecule has 0 aliphatic carbocycles. The van der Waals surface area contributed by atoms with Crippen LogP contribution in [0.5, 0.6) is 0 Å². The van der Waals surface area contributed by atoms with Gasteiger partial charge in [0.1, 0.15) is 5.82 Å². The fraction of sp³-hybridized carbons (Fsp3) is 0.286. The zero-order valence-corrected chi connectivity index (χ0v) is 14.6. The molecule has 0 spiro atoms. The second kappa shape index (κ2) is 7.45. The first-order valence-corrected chi connectivity index (χ1v) is 8.49. The van der Waals surface area contributed by atoms with E-state index in [1.807, 2.05) is 25.5 Å². The van der Waals surface area contributed by atoms with Crippen molar-refractivity contribution in [3.05, 3.63) is 89.5 Å². The van der Waals surface area contributed by atoms with Gasteiger partial charge in [0.2, 0.25) is 0 Å². The molecular formula is C21H25N3. The number of benzene rings is 2. The average molecular weight is 319 g/mol. The first kappa shape index (κ1) is 16.5. The van der Waals surface area contributed by atoms with Crippen molar-refractivity contribution < 1.29 is 0 Å². The summed E-state index contributed by atoms with van der Waals surface area (Å²) in [6.45, 7) is 5.25. The van der Waals surface area contributed by atoms with Gasteiger partial charge >= 0.3 is 0 Å². The van der Waals surface area contributed by atoms with E-state index in [1.54, 1.807) is 0 Å². The standard InChI is InChI=1S/C21H25N3/c1-16(2)18-11-9-17(10-12-18)15-23-20(19-7-5-4-6-8-19)21-22-13-14-24(21)3/h4-14,16,20,23H,15H2,1-3H3. The maximum Gasteiger partial charge on any atom is 0.130 e. The minimum atomic E-state index is 0.0796. The van der Waals surface area contributed by atoms with E-state index >= 15 is 0 Å². The fourth-order valence-corrected chi connectivity index (χ4v) is 2.90. The van der Waals surface area contributed by atoms with Crippen molar-refractivity contribution >= 4 is 0 Å². The van der Waals surface area contributed by atoms with Crippen LogP contribution in [0.2, 0.25) is 0 Å². The second-order valence-electron chi connectivity index (χ2n) is 6.52. The van der Waals surface area contributed by atoms with Gasteiger partial charge in [-0.2, -0.15) is 0 Å². The molecule has 0 fully saturated rings. The zero-order chi connectivity index (χ0) is 16.9. The van der Waals surface area contributed by atoms with Crippen LogP contribution in [0.3, 0.4) is 0 Å². The van der Waals surface area contributed by atoms with Gasteiger partial charge in [-0.25, -0.2) is 4.98 Å². The van der Waals surface area contributed by atoms with E-state index in [9.17, 15) is 0 Å². The number of aromatic nitrogens is 2. The highest BCUT2D eigenvalue weighted by molar-refractivity contribution is 5.27. The summed E-state index contributed by atoms with van der Waals surface area (Å²) < 4.78 is 2.08. The summed E-state index contributed by atoms with van der Waals surface area (Å²) in [5.41, 5.74) is 3.89. The van der Waals surface area contributed by atoms with Gasteiger partial charge in [0, 0.05) is 26.0 Å². The van der Waals surface area contributed by atoms with Crippen LogP contribution < -0.4 is 5.32 Å². The molecule has 3 nitrogen and oxygen atoms in total. The predicted octanol–water partition coefficient (Wildman–Crippen LogP) is 4.42. The summed E-state index contributed by atoms with van der Waals surface area (Å²) >= 11 is 0. The molecule has 1 N–H and O–H groups in total. The summed E-state index contributed by atoms with van der Waals surface area (Å²) in [6.07, 6.45) is 3.84. The molecule has 0 radical (unpaired) electrons. The smallest absolute Gasteiger partial charge is 0.130 e. The van der Waals surface area contributed by atoms with Crippen LogP contribution >= 0.6 is 0 Å². The number of imidazole rings is 1. The Morgan fingerprint density at radius 2 is 1.67 bits per heavy atom. The van der Waals surface area contributed by atoms with Crippen LogP contribution in [0, 0.1) is 0 Å². The highest BCUT2D eigenvalue weighted by Crippen LogP contribution is 2.21. The average Bonchev–Trinajstić information content (AvgIpc) is 3.02. The molecule has 1 heterocycles. The molecule has 24 heavy (non-hydrogen) atoms. The summed E-state index contributed by atoms with van der Waals surface area (Å²) in [5.74, 6) is 1.59. The molecule has 1 aromatic heterocycles. The first-order chi connectivity index (χ1) is 11.6. The van der Waals surface area contributed by atoms with Crippen molar-refractivity contribution in [2.45, 2.75) is 32.4 Å². The van der Waals surface area contributed by atoms with Crippen LogP contribution in [0.15, 0.2) is 67.0 Å². The molecular weight excluding hydrogens is 294 g/mol. The van der Waals surface area contributed by atoms with Gasteiger partial charge in [0.05, 0.1) is 6.04 Å². The van der Waals surface area contributed by atoms with Crippen molar-refractivity contribution in [2.24, 2.45) is 7.05 Å². The van der Waals surface area contributed by atoms with Gasteiger partial charge in [0.25, 0.3) is 0 Å². The lowest BCUT2D eigenvalue weighted by Crippen LogP contribution is -2.24. The zero-order valence-electron chi connectivity index (χ0n) is 14.6. The van der Waals surface area contributed by atoms with Crippen LogP contribution in [0.1, 0.15) is 48.3 Å². The largest absolute Gasteiger partial charge is 0.336 e. The summed E-state index contributed by atoms with van der Waals surface area (Å²) in [4.78, 5) is 4.54. The molecule has 2 aromatic carbocycles. The molecule has 3 rings (SSSR count). The molecule has 1 unspecified atom stereocenters. The fourth-order valence-electron chi connectivity index (χ4n) is 2.90. The Morgan fingerprint density at radius 3 is 2.25 bits per heavy atom. The SMILES string of the molecule is CC(C)c1ccc(CNC(c2ccccc2)c2nccn2C)cc1. The van der Waals surface area contributed by atoms with E-state index in [-0.39, 0.29) is 6.04 Å². The van der Waals surface area contributed by atoms with Gasteiger partial charge in [0.15, 0.2) is 0 Å². The normalized spacial score (nSPS) is 12.5.